The summed E-state index contributed by atoms with van der Waals surface area (Å²) in [5, 5.41) is 5.30. The van der Waals surface area contributed by atoms with Gasteiger partial charge in [-0.1, -0.05) is 44.2 Å². The minimum absolute atomic E-state index is 0.173. The summed E-state index contributed by atoms with van der Waals surface area (Å²) in [6.45, 7) is 9.31. The molecule has 1 aromatic rings. The molecule has 10 nitrogen and oxygen atoms in total. The molecule has 202 valence electrons. The minimum atomic E-state index is -0.916. The molecule has 0 radical (unpaired) electrons. The van der Waals surface area contributed by atoms with Gasteiger partial charge in [-0.3, -0.25) is 4.79 Å². The molecular formula is C26H41N3O7. The number of rotatable bonds is 12. The topological polar surface area (TPSA) is 123 Å². The molecule has 0 fully saturated rings. The number of unbranched alkanes of at least 4 members (excludes halogenated alkanes) is 1. The number of carbonyl (C=O) groups is 4. The highest BCUT2D eigenvalue weighted by Gasteiger charge is 2.35. The number of hydrogen-bond acceptors (Lipinski definition) is 7. The summed E-state index contributed by atoms with van der Waals surface area (Å²) in [7, 11) is 2.78. The van der Waals surface area contributed by atoms with Crippen molar-refractivity contribution in [2.24, 2.45) is 5.92 Å². The minimum Gasteiger partial charge on any atom is -0.467 e. The van der Waals surface area contributed by atoms with Crippen LogP contribution in [0.3, 0.4) is 0 Å². The quantitative estimate of drug-likeness (QED) is 0.252. The summed E-state index contributed by atoms with van der Waals surface area (Å²) < 4.78 is 15.3. The van der Waals surface area contributed by atoms with E-state index < -0.39 is 41.7 Å². The van der Waals surface area contributed by atoms with Crippen LogP contribution in [0.25, 0.3) is 0 Å². The van der Waals surface area contributed by atoms with E-state index in [9.17, 15) is 19.2 Å². The molecule has 3 amide bonds. The Morgan fingerprint density at radius 3 is 2.19 bits per heavy atom. The van der Waals surface area contributed by atoms with Crippen LogP contribution in [0.4, 0.5) is 9.59 Å². The monoisotopic (exact) mass is 507 g/mol. The third-order valence-corrected chi connectivity index (χ3v) is 5.23. The summed E-state index contributed by atoms with van der Waals surface area (Å²) in [6.07, 6.45) is 0.0970. The van der Waals surface area contributed by atoms with E-state index in [0.29, 0.717) is 19.4 Å². The van der Waals surface area contributed by atoms with Gasteiger partial charge in [0.1, 0.15) is 24.3 Å². The average molecular weight is 508 g/mol. The van der Waals surface area contributed by atoms with Gasteiger partial charge in [0.05, 0.1) is 7.11 Å². The summed E-state index contributed by atoms with van der Waals surface area (Å²) in [6, 6.07) is 7.63. The van der Waals surface area contributed by atoms with Crippen LogP contribution in [-0.4, -0.2) is 67.3 Å². The molecule has 36 heavy (non-hydrogen) atoms. The number of nitrogens with zero attached hydrogens (tertiary/aromatic N) is 1. The molecule has 0 unspecified atom stereocenters. The van der Waals surface area contributed by atoms with Crippen LogP contribution < -0.4 is 10.6 Å². The second-order valence-electron chi connectivity index (χ2n) is 9.84. The van der Waals surface area contributed by atoms with E-state index in [0.717, 1.165) is 5.56 Å². The van der Waals surface area contributed by atoms with Crippen LogP contribution in [0.2, 0.25) is 0 Å². The molecule has 10 heteroatoms. The van der Waals surface area contributed by atoms with E-state index in [1.165, 1.54) is 19.1 Å². The molecule has 0 spiro atoms. The van der Waals surface area contributed by atoms with Crippen molar-refractivity contribution in [2.75, 3.05) is 20.7 Å². The van der Waals surface area contributed by atoms with Crippen molar-refractivity contribution >= 4 is 24.1 Å². The van der Waals surface area contributed by atoms with E-state index in [2.05, 4.69) is 10.6 Å². The molecule has 0 aliphatic heterocycles. The summed E-state index contributed by atoms with van der Waals surface area (Å²) in [5.41, 5.74) is 0.151. The van der Waals surface area contributed by atoms with Gasteiger partial charge in [-0.25, -0.2) is 14.4 Å². The van der Waals surface area contributed by atoms with Crippen LogP contribution in [0, 0.1) is 5.92 Å². The van der Waals surface area contributed by atoms with E-state index >= 15 is 0 Å². The molecule has 1 aromatic carbocycles. The van der Waals surface area contributed by atoms with Crippen molar-refractivity contribution in [3.63, 3.8) is 0 Å². The first-order valence-electron chi connectivity index (χ1n) is 12.1. The lowest BCUT2D eigenvalue weighted by atomic mass is 10.0. The molecule has 0 bridgehead atoms. The van der Waals surface area contributed by atoms with Gasteiger partial charge in [-0.05, 0) is 51.5 Å². The third-order valence-electron chi connectivity index (χ3n) is 5.23. The lowest BCUT2D eigenvalue weighted by molar-refractivity contribution is -0.154. The number of carbonyl (C=O) groups excluding carboxylic acids is 4. The number of benzene rings is 1. The fourth-order valence-electron chi connectivity index (χ4n) is 3.53. The van der Waals surface area contributed by atoms with Gasteiger partial charge in [-0.2, -0.15) is 0 Å². The highest BCUT2D eigenvalue weighted by molar-refractivity contribution is 5.89. The standard InChI is InChI=1S/C26H41N3O7/c1-18(2)21(23(31)34-7)29(6)22(30)20(28-25(33)36-26(3,4)5)15-11-12-16-27-24(32)35-17-19-13-9-8-10-14-19/h8-10,13-14,18,20-21H,11-12,15-17H2,1-7H3,(H,27,32)(H,28,33)/t20-,21+/m0/s1. The Hall–Kier alpha value is -3.30. The first-order valence-corrected chi connectivity index (χ1v) is 12.1. The normalized spacial score (nSPS) is 12.8. The van der Waals surface area contributed by atoms with Crippen LogP contribution in [0.1, 0.15) is 59.4 Å². The molecule has 0 aliphatic rings. The molecule has 0 heterocycles. The molecule has 2 N–H and O–H groups in total. The molecule has 0 saturated carbocycles. The SMILES string of the molecule is COC(=O)[C@@H](C(C)C)N(C)C(=O)[C@H](CCCCNC(=O)OCc1ccccc1)NC(=O)OC(C)(C)C. The Morgan fingerprint density at radius 2 is 1.64 bits per heavy atom. The number of methoxy groups -OCH3 is 1. The van der Waals surface area contributed by atoms with Gasteiger partial charge in [-0.15, -0.1) is 0 Å². The highest BCUT2D eigenvalue weighted by Crippen LogP contribution is 2.15. The number of amides is 3. The van der Waals surface area contributed by atoms with Crippen molar-refractivity contribution in [3.05, 3.63) is 35.9 Å². The Bertz CT molecular complexity index is 853. The molecule has 0 saturated heterocycles. The maximum atomic E-state index is 13.3. The van der Waals surface area contributed by atoms with Crippen molar-refractivity contribution in [1.82, 2.24) is 15.5 Å². The lowest BCUT2D eigenvalue weighted by Crippen LogP contribution is -2.54. The Kier molecular flexibility index (Phi) is 12.8. The number of alkyl carbamates (subject to hydrolysis) is 2. The predicted molar refractivity (Wildman–Crippen MR) is 135 cm³/mol. The maximum Gasteiger partial charge on any atom is 0.408 e. The van der Waals surface area contributed by atoms with Crippen LogP contribution in [-0.2, 0) is 30.4 Å². The van der Waals surface area contributed by atoms with Crippen LogP contribution >= 0.6 is 0 Å². The Morgan fingerprint density at radius 1 is 1.00 bits per heavy atom. The van der Waals surface area contributed by atoms with E-state index in [1.807, 2.05) is 44.2 Å². The zero-order valence-electron chi connectivity index (χ0n) is 22.5. The second-order valence-corrected chi connectivity index (χ2v) is 9.84. The highest BCUT2D eigenvalue weighted by atomic mass is 16.6. The fourth-order valence-corrected chi connectivity index (χ4v) is 3.53. The molecular weight excluding hydrogens is 466 g/mol. The Balaban J connectivity index is 2.68. The van der Waals surface area contributed by atoms with E-state index in [4.69, 9.17) is 14.2 Å². The van der Waals surface area contributed by atoms with Gasteiger partial charge in [0, 0.05) is 13.6 Å². The molecule has 1 rings (SSSR count). The number of hydrogen-bond donors (Lipinski definition) is 2. The first kappa shape index (κ1) is 30.7. The van der Waals surface area contributed by atoms with Crippen molar-refractivity contribution < 1.29 is 33.4 Å². The van der Waals surface area contributed by atoms with Crippen molar-refractivity contribution in [2.45, 2.75) is 78.2 Å². The summed E-state index contributed by atoms with van der Waals surface area (Å²) in [4.78, 5) is 51.1. The zero-order chi connectivity index (χ0) is 27.3. The van der Waals surface area contributed by atoms with Crippen LogP contribution in [0.15, 0.2) is 30.3 Å². The average Bonchev–Trinajstić information content (AvgIpc) is 2.80. The van der Waals surface area contributed by atoms with Gasteiger partial charge < -0.3 is 29.7 Å². The van der Waals surface area contributed by atoms with E-state index in [1.54, 1.807) is 20.8 Å². The zero-order valence-corrected chi connectivity index (χ0v) is 22.5. The Labute approximate surface area is 214 Å². The number of ether oxygens (including phenoxy) is 3. The van der Waals surface area contributed by atoms with Gasteiger partial charge in [0.15, 0.2) is 0 Å². The smallest absolute Gasteiger partial charge is 0.408 e. The van der Waals surface area contributed by atoms with Crippen molar-refractivity contribution in [3.8, 4) is 0 Å². The van der Waals surface area contributed by atoms with Gasteiger partial charge >= 0.3 is 18.2 Å². The van der Waals surface area contributed by atoms with Gasteiger partial charge in [0.25, 0.3) is 0 Å². The van der Waals surface area contributed by atoms with Crippen LogP contribution in [0.5, 0.6) is 0 Å². The first-order chi connectivity index (χ1) is 16.9. The molecule has 2 atom stereocenters. The number of nitrogens with one attached hydrogen (secondary N) is 2. The van der Waals surface area contributed by atoms with Crippen molar-refractivity contribution in [1.29, 1.82) is 0 Å². The largest absolute Gasteiger partial charge is 0.467 e. The summed E-state index contributed by atoms with van der Waals surface area (Å²) in [5.74, 6) is -1.16. The van der Waals surface area contributed by atoms with E-state index in [-0.39, 0.29) is 18.9 Å². The molecule has 0 aromatic heterocycles. The maximum absolute atomic E-state index is 13.3. The molecule has 0 aliphatic carbocycles. The summed E-state index contributed by atoms with van der Waals surface area (Å²) >= 11 is 0. The third kappa shape index (κ3) is 11.4. The second kappa shape index (κ2) is 15.0. The number of likely N-dealkylation sites (N-methyl/N-ethyl adjacent to an activating group) is 1. The number of esters is 1. The lowest BCUT2D eigenvalue weighted by Gasteiger charge is -2.32. The van der Waals surface area contributed by atoms with Gasteiger partial charge in [0.2, 0.25) is 5.91 Å². The fraction of sp³-hybridized carbons (Fsp3) is 0.615. The predicted octanol–water partition coefficient (Wildman–Crippen LogP) is 3.63.